The lowest BCUT2D eigenvalue weighted by Gasteiger charge is -2.16. The molecule has 29 heavy (non-hydrogen) atoms. The smallest absolute Gasteiger partial charge is 0.348 e. The van der Waals surface area contributed by atoms with E-state index in [0.717, 1.165) is 23.3 Å². The molecule has 3 rings (SSSR count). The molecule has 0 saturated carbocycles. The van der Waals surface area contributed by atoms with E-state index in [1.54, 1.807) is 13.8 Å². The van der Waals surface area contributed by atoms with Crippen LogP contribution in [0.2, 0.25) is 0 Å². The van der Waals surface area contributed by atoms with Crippen LogP contribution in [-0.4, -0.2) is 40.4 Å². The second-order valence-electron chi connectivity index (χ2n) is 6.77. The molecule has 154 valence electrons. The monoisotopic (exact) mass is 416 g/mol. The molecule has 2 heterocycles. The number of fused-ring (bicyclic) bond motifs is 1. The van der Waals surface area contributed by atoms with E-state index in [0.29, 0.717) is 32.2 Å². The van der Waals surface area contributed by atoms with Crippen LogP contribution >= 0.6 is 11.3 Å². The van der Waals surface area contributed by atoms with Gasteiger partial charge < -0.3 is 14.6 Å². The number of thiophene rings is 1. The maximum Gasteiger partial charge on any atom is 0.348 e. The first-order valence-electron chi connectivity index (χ1n) is 9.34. The van der Waals surface area contributed by atoms with Crippen LogP contribution in [0.3, 0.4) is 0 Å². The quantitative estimate of drug-likeness (QED) is 0.596. The highest BCUT2D eigenvalue weighted by Gasteiger charge is 2.22. The van der Waals surface area contributed by atoms with Gasteiger partial charge in [0.25, 0.3) is 5.56 Å². The predicted molar refractivity (Wildman–Crippen MR) is 112 cm³/mol. The number of ether oxygens (including phenoxy) is 2. The Bertz CT molecular complexity index is 1100. The van der Waals surface area contributed by atoms with E-state index < -0.39 is 12.1 Å². The second kappa shape index (κ2) is 8.75. The molecular weight excluding hydrogens is 392 g/mol. The van der Waals surface area contributed by atoms with Crippen LogP contribution in [0.4, 0.5) is 0 Å². The van der Waals surface area contributed by atoms with Gasteiger partial charge in [-0.2, -0.15) is 0 Å². The third kappa shape index (κ3) is 4.33. The van der Waals surface area contributed by atoms with E-state index in [4.69, 9.17) is 9.47 Å². The van der Waals surface area contributed by atoms with E-state index in [-0.39, 0.29) is 18.7 Å². The van der Waals surface area contributed by atoms with Crippen molar-refractivity contribution < 1.29 is 19.4 Å². The Labute approximate surface area is 172 Å². The van der Waals surface area contributed by atoms with Gasteiger partial charge in [-0.05, 0) is 43.5 Å². The number of aryl methyl sites for hydroxylation is 3. The van der Waals surface area contributed by atoms with Gasteiger partial charge in [0.05, 0.1) is 19.0 Å². The molecule has 7 nitrogen and oxygen atoms in total. The van der Waals surface area contributed by atoms with Gasteiger partial charge in [-0.1, -0.05) is 19.1 Å². The molecule has 0 amide bonds. The molecule has 0 aliphatic carbocycles. The van der Waals surface area contributed by atoms with Gasteiger partial charge in [-0.15, -0.1) is 11.3 Å². The summed E-state index contributed by atoms with van der Waals surface area (Å²) in [4.78, 5) is 30.2. The standard InChI is InChI=1S/C21H24N2O5S/c1-5-14-7-6-8-16(9-14)28-11-15(24)10-23-13(3)22-19-17(20(23)25)12(2)18(29-19)21(26)27-4/h6-9,15,24H,5,10-11H2,1-4H3. The molecule has 1 unspecified atom stereocenters. The first kappa shape index (κ1) is 21.0. The van der Waals surface area contributed by atoms with Gasteiger partial charge in [0.2, 0.25) is 0 Å². The number of benzene rings is 1. The van der Waals surface area contributed by atoms with Crippen LogP contribution < -0.4 is 10.3 Å². The molecule has 0 saturated heterocycles. The van der Waals surface area contributed by atoms with Crippen molar-refractivity contribution in [1.29, 1.82) is 0 Å². The van der Waals surface area contributed by atoms with Crippen LogP contribution in [0.1, 0.15) is 33.5 Å². The summed E-state index contributed by atoms with van der Waals surface area (Å²) >= 11 is 1.14. The van der Waals surface area contributed by atoms with Gasteiger partial charge in [0.1, 0.15) is 34.0 Å². The van der Waals surface area contributed by atoms with Crippen molar-refractivity contribution >= 4 is 27.5 Å². The molecule has 0 aliphatic heterocycles. The molecule has 0 spiro atoms. The minimum atomic E-state index is -0.894. The molecule has 0 radical (unpaired) electrons. The molecule has 2 aromatic heterocycles. The number of aliphatic hydroxyl groups excluding tert-OH is 1. The van der Waals surface area contributed by atoms with Crippen LogP contribution in [0.5, 0.6) is 5.75 Å². The number of carbonyl (C=O) groups is 1. The lowest BCUT2D eigenvalue weighted by atomic mass is 10.2. The van der Waals surface area contributed by atoms with E-state index in [9.17, 15) is 14.7 Å². The summed E-state index contributed by atoms with van der Waals surface area (Å²) < 4.78 is 11.9. The topological polar surface area (TPSA) is 90.7 Å². The Hall–Kier alpha value is -2.71. The van der Waals surface area contributed by atoms with Crippen LogP contribution in [0.25, 0.3) is 10.2 Å². The third-order valence-corrected chi connectivity index (χ3v) is 5.92. The number of carbonyl (C=O) groups excluding carboxylic acids is 1. The summed E-state index contributed by atoms with van der Waals surface area (Å²) in [6.07, 6.45) is 0.00285. The Kier molecular flexibility index (Phi) is 6.34. The predicted octanol–water partition coefficient (Wildman–Crippen LogP) is 2.86. The van der Waals surface area contributed by atoms with Gasteiger partial charge in [-0.25, -0.2) is 9.78 Å². The summed E-state index contributed by atoms with van der Waals surface area (Å²) in [5.74, 6) is 0.654. The molecule has 0 fully saturated rings. The zero-order valence-electron chi connectivity index (χ0n) is 16.9. The average molecular weight is 416 g/mol. The Morgan fingerprint density at radius 3 is 2.79 bits per heavy atom. The Morgan fingerprint density at radius 1 is 1.34 bits per heavy atom. The van der Waals surface area contributed by atoms with Crippen LogP contribution in [0.15, 0.2) is 29.1 Å². The SMILES string of the molecule is CCc1cccc(OCC(O)Cn2c(C)nc3sc(C(=O)OC)c(C)c3c2=O)c1. The summed E-state index contributed by atoms with van der Waals surface area (Å²) in [5.41, 5.74) is 1.40. The van der Waals surface area contributed by atoms with Crippen molar-refractivity contribution in [2.24, 2.45) is 0 Å². The zero-order chi connectivity index (χ0) is 21.1. The molecule has 1 N–H and O–H groups in total. The summed E-state index contributed by atoms with van der Waals surface area (Å²) in [6.45, 7) is 5.56. The fraction of sp³-hybridized carbons (Fsp3) is 0.381. The molecular formula is C21H24N2O5S. The van der Waals surface area contributed by atoms with E-state index in [2.05, 4.69) is 11.9 Å². The number of hydrogen-bond donors (Lipinski definition) is 1. The number of nitrogens with zero attached hydrogens (tertiary/aromatic N) is 2. The van der Waals surface area contributed by atoms with E-state index in [1.165, 1.54) is 11.7 Å². The van der Waals surface area contributed by atoms with E-state index >= 15 is 0 Å². The van der Waals surface area contributed by atoms with Gasteiger partial charge in [0, 0.05) is 0 Å². The first-order valence-corrected chi connectivity index (χ1v) is 10.2. The van der Waals surface area contributed by atoms with E-state index in [1.807, 2.05) is 24.3 Å². The number of hydrogen-bond acceptors (Lipinski definition) is 7. The highest BCUT2D eigenvalue weighted by molar-refractivity contribution is 7.20. The fourth-order valence-electron chi connectivity index (χ4n) is 3.13. The number of rotatable bonds is 7. The maximum absolute atomic E-state index is 13.0. The van der Waals surface area contributed by atoms with Gasteiger partial charge >= 0.3 is 5.97 Å². The molecule has 0 aliphatic rings. The third-order valence-electron chi connectivity index (χ3n) is 4.75. The maximum atomic E-state index is 13.0. The Morgan fingerprint density at radius 2 is 2.10 bits per heavy atom. The zero-order valence-corrected chi connectivity index (χ0v) is 17.7. The lowest BCUT2D eigenvalue weighted by molar-refractivity contribution is 0.0605. The number of aromatic nitrogens is 2. The molecule has 8 heteroatoms. The van der Waals surface area contributed by atoms with Crippen molar-refractivity contribution in [2.75, 3.05) is 13.7 Å². The highest BCUT2D eigenvalue weighted by atomic mass is 32.1. The minimum Gasteiger partial charge on any atom is -0.491 e. The largest absolute Gasteiger partial charge is 0.491 e. The normalized spacial score (nSPS) is 12.2. The van der Waals surface area contributed by atoms with Crippen LogP contribution in [-0.2, 0) is 17.7 Å². The number of methoxy groups -OCH3 is 1. The van der Waals surface area contributed by atoms with Gasteiger partial charge in [0.15, 0.2) is 0 Å². The number of esters is 1. The fourth-order valence-corrected chi connectivity index (χ4v) is 4.27. The summed E-state index contributed by atoms with van der Waals surface area (Å²) in [6, 6.07) is 7.69. The summed E-state index contributed by atoms with van der Waals surface area (Å²) in [5, 5.41) is 10.8. The van der Waals surface area contributed by atoms with Crippen LogP contribution in [0, 0.1) is 13.8 Å². The minimum absolute atomic E-state index is 0.0456. The first-order chi connectivity index (χ1) is 13.8. The second-order valence-corrected chi connectivity index (χ2v) is 7.77. The van der Waals surface area contributed by atoms with Crippen molar-refractivity contribution in [2.45, 2.75) is 39.8 Å². The van der Waals surface area contributed by atoms with Gasteiger partial charge in [-0.3, -0.25) is 9.36 Å². The van der Waals surface area contributed by atoms with Crippen molar-refractivity contribution in [1.82, 2.24) is 9.55 Å². The molecule has 3 aromatic rings. The Balaban J connectivity index is 1.82. The van der Waals surface area contributed by atoms with Crippen molar-refractivity contribution in [3.8, 4) is 5.75 Å². The number of aliphatic hydroxyl groups is 1. The van der Waals surface area contributed by atoms with Crippen molar-refractivity contribution in [3.05, 3.63) is 56.4 Å². The highest BCUT2D eigenvalue weighted by Crippen LogP contribution is 2.28. The van der Waals surface area contributed by atoms with Crippen molar-refractivity contribution in [3.63, 3.8) is 0 Å². The molecule has 1 aromatic carbocycles. The average Bonchev–Trinajstić information content (AvgIpc) is 3.05. The molecule has 1 atom stereocenters. The molecule has 0 bridgehead atoms. The summed E-state index contributed by atoms with van der Waals surface area (Å²) in [7, 11) is 1.30. The lowest BCUT2D eigenvalue weighted by Crippen LogP contribution is -2.32.